The summed E-state index contributed by atoms with van der Waals surface area (Å²) in [5.74, 6) is 1.30. The zero-order chi connectivity index (χ0) is 12.2. The van der Waals surface area contributed by atoms with Crippen LogP contribution in [0.15, 0.2) is 0 Å². The molecule has 1 aliphatic carbocycles. The molecule has 1 N–H and O–H groups in total. The van der Waals surface area contributed by atoms with Crippen LogP contribution >= 0.6 is 0 Å². The lowest BCUT2D eigenvalue weighted by Crippen LogP contribution is -2.50. The molecule has 0 bridgehead atoms. The number of rotatable bonds is 4. The summed E-state index contributed by atoms with van der Waals surface area (Å²) in [6, 6.07) is 0. The van der Waals surface area contributed by atoms with Crippen molar-refractivity contribution in [2.75, 3.05) is 13.7 Å². The quantitative estimate of drug-likeness (QED) is 0.749. The third-order valence-corrected chi connectivity index (χ3v) is 3.60. The predicted octanol–water partition coefficient (Wildman–Crippen LogP) is 2.35. The van der Waals surface area contributed by atoms with Crippen LogP contribution in [0.1, 0.15) is 46.5 Å². The Morgan fingerprint density at radius 2 is 1.94 bits per heavy atom. The zero-order valence-corrected chi connectivity index (χ0v) is 11.0. The molecule has 0 radical (unpaired) electrons. The molecule has 16 heavy (non-hydrogen) atoms. The summed E-state index contributed by atoms with van der Waals surface area (Å²) in [6.07, 6.45) is 3.93. The van der Waals surface area contributed by atoms with E-state index in [4.69, 9.17) is 4.74 Å². The summed E-state index contributed by atoms with van der Waals surface area (Å²) in [5, 5.41) is 3.37. The number of hydrogen-bond donors (Lipinski definition) is 1. The molecule has 0 amide bonds. The molecule has 94 valence electrons. The van der Waals surface area contributed by atoms with Gasteiger partial charge in [-0.2, -0.15) is 0 Å². The standard InChI is InChI=1S/C13H25NO2/c1-5-16-12(15)9-13(14-4)7-10(2)6-11(3)8-13/h10-11,14H,5-9H2,1-4H3. The molecule has 2 atom stereocenters. The van der Waals surface area contributed by atoms with Gasteiger partial charge >= 0.3 is 5.97 Å². The molecule has 1 aliphatic rings. The molecule has 3 nitrogen and oxygen atoms in total. The molecule has 0 spiro atoms. The van der Waals surface area contributed by atoms with Crippen molar-refractivity contribution in [1.82, 2.24) is 5.32 Å². The first kappa shape index (κ1) is 13.5. The molecule has 1 fully saturated rings. The SMILES string of the molecule is CCOC(=O)CC1(NC)CC(C)CC(C)C1. The van der Waals surface area contributed by atoms with Gasteiger partial charge in [-0.15, -0.1) is 0 Å². The third-order valence-electron chi connectivity index (χ3n) is 3.60. The van der Waals surface area contributed by atoms with E-state index in [0.717, 1.165) is 12.8 Å². The van der Waals surface area contributed by atoms with E-state index >= 15 is 0 Å². The fourth-order valence-corrected chi connectivity index (χ4v) is 3.20. The Morgan fingerprint density at radius 1 is 1.38 bits per heavy atom. The molecule has 0 aromatic carbocycles. The van der Waals surface area contributed by atoms with E-state index < -0.39 is 0 Å². The second kappa shape index (κ2) is 5.67. The van der Waals surface area contributed by atoms with Crippen LogP contribution in [0.4, 0.5) is 0 Å². The fraction of sp³-hybridized carbons (Fsp3) is 0.923. The number of nitrogens with one attached hydrogen (secondary N) is 1. The maximum Gasteiger partial charge on any atom is 0.307 e. The first-order valence-electron chi connectivity index (χ1n) is 6.36. The van der Waals surface area contributed by atoms with Crippen molar-refractivity contribution < 1.29 is 9.53 Å². The summed E-state index contributed by atoms with van der Waals surface area (Å²) in [4.78, 5) is 11.6. The topological polar surface area (TPSA) is 38.3 Å². The second-order valence-electron chi connectivity index (χ2n) is 5.37. The fourth-order valence-electron chi connectivity index (χ4n) is 3.20. The molecule has 0 heterocycles. The van der Waals surface area contributed by atoms with Gasteiger partial charge in [-0.25, -0.2) is 0 Å². The zero-order valence-electron chi connectivity index (χ0n) is 11.0. The molecule has 0 aliphatic heterocycles. The van der Waals surface area contributed by atoms with E-state index in [1.54, 1.807) is 0 Å². The minimum Gasteiger partial charge on any atom is -0.466 e. The smallest absolute Gasteiger partial charge is 0.307 e. The van der Waals surface area contributed by atoms with Gasteiger partial charge in [-0.3, -0.25) is 4.79 Å². The third kappa shape index (κ3) is 3.48. The molecule has 2 unspecified atom stereocenters. The van der Waals surface area contributed by atoms with E-state index in [9.17, 15) is 4.79 Å². The first-order chi connectivity index (χ1) is 7.51. The predicted molar refractivity (Wildman–Crippen MR) is 65.2 cm³/mol. The molecule has 3 heteroatoms. The highest BCUT2D eigenvalue weighted by molar-refractivity contribution is 5.71. The Morgan fingerprint density at radius 3 is 2.38 bits per heavy atom. The molecular formula is C13H25NO2. The van der Waals surface area contributed by atoms with Crippen LogP contribution in [0, 0.1) is 11.8 Å². The van der Waals surface area contributed by atoms with Gasteiger partial charge in [0.25, 0.3) is 0 Å². The van der Waals surface area contributed by atoms with Gasteiger partial charge in [-0.05, 0) is 45.1 Å². The van der Waals surface area contributed by atoms with Crippen molar-refractivity contribution >= 4 is 5.97 Å². The van der Waals surface area contributed by atoms with Gasteiger partial charge in [0.15, 0.2) is 0 Å². The van der Waals surface area contributed by atoms with Crippen molar-refractivity contribution in [3.05, 3.63) is 0 Å². The summed E-state index contributed by atoms with van der Waals surface area (Å²) < 4.78 is 5.06. The highest BCUT2D eigenvalue weighted by Crippen LogP contribution is 2.37. The lowest BCUT2D eigenvalue weighted by molar-refractivity contribution is -0.145. The lowest BCUT2D eigenvalue weighted by Gasteiger charge is -2.42. The van der Waals surface area contributed by atoms with Gasteiger partial charge in [0, 0.05) is 5.54 Å². The minimum absolute atomic E-state index is 0.0384. The Labute approximate surface area is 98.9 Å². The Balaban J connectivity index is 2.64. The molecule has 1 saturated carbocycles. The summed E-state index contributed by atoms with van der Waals surface area (Å²) in [6.45, 7) is 6.87. The first-order valence-corrected chi connectivity index (χ1v) is 6.36. The summed E-state index contributed by atoms with van der Waals surface area (Å²) >= 11 is 0. The van der Waals surface area contributed by atoms with Gasteiger partial charge in [0.05, 0.1) is 13.0 Å². The number of esters is 1. The largest absolute Gasteiger partial charge is 0.466 e. The average molecular weight is 227 g/mol. The van der Waals surface area contributed by atoms with Crippen LogP contribution in [0.2, 0.25) is 0 Å². The molecule has 0 aromatic rings. The molecular weight excluding hydrogens is 202 g/mol. The van der Waals surface area contributed by atoms with Crippen molar-refractivity contribution in [2.24, 2.45) is 11.8 Å². The number of ether oxygens (including phenoxy) is 1. The average Bonchev–Trinajstić information content (AvgIpc) is 2.16. The Kier molecular flexibility index (Phi) is 4.78. The van der Waals surface area contributed by atoms with Crippen molar-refractivity contribution in [2.45, 2.75) is 52.0 Å². The summed E-state index contributed by atoms with van der Waals surface area (Å²) in [5.41, 5.74) is -0.0384. The number of carbonyl (C=O) groups excluding carboxylic acids is 1. The van der Waals surface area contributed by atoms with Crippen LogP contribution < -0.4 is 5.32 Å². The van der Waals surface area contributed by atoms with E-state index in [1.165, 1.54) is 6.42 Å². The van der Waals surface area contributed by atoms with Gasteiger partial charge in [0.1, 0.15) is 0 Å². The van der Waals surface area contributed by atoms with Crippen LogP contribution in [0.3, 0.4) is 0 Å². The van der Waals surface area contributed by atoms with E-state index in [1.807, 2.05) is 14.0 Å². The highest BCUT2D eigenvalue weighted by Gasteiger charge is 2.38. The van der Waals surface area contributed by atoms with Crippen molar-refractivity contribution in [3.8, 4) is 0 Å². The minimum atomic E-state index is -0.0712. The Bertz CT molecular complexity index is 230. The Hall–Kier alpha value is -0.570. The lowest BCUT2D eigenvalue weighted by atomic mass is 9.70. The monoisotopic (exact) mass is 227 g/mol. The van der Waals surface area contributed by atoms with Gasteiger partial charge in [-0.1, -0.05) is 13.8 Å². The van der Waals surface area contributed by atoms with Gasteiger partial charge in [0.2, 0.25) is 0 Å². The van der Waals surface area contributed by atoms with Crippen LogP contribution in [0.25, 0.3) is 0 Å². The molecule has 0 aromatic heterocycles. The summed E-state index contributed by atoms with van der Waals surface area (Å²) in [7, 11) is 1.96. The second-order valence-corrected chi connectivity index (χ2v) is 5.37. The van der Waals surface area contributed by atoms with Crippen molar-refractivity contribution in [1.29, 1.82) is 0 Å². The van der Waals surface area contributed by atoms with E-state index in [2.05, 4.69) is 19.2 Å². The van der Waals surface area contributed by atoms with E-state index in [0.29, 0.717) is 24.9 Å². The number of carbonyl (C=O) groups is 1. The number of hydrogen-bond acceptors (Lipinski definition) is 3. The molecule has 1 rings (SSSR count). The van der Waals surface area contributed by atoms with E-state index in [-0.39, 0.29) is 11.5 Å². The normalized spacial score (nSPS) is 34.8. The molecule has 0 saturated heterocycles. The maximum atomic E-state index is 11.6. The van der Waals surface area contributed by atoms with Crippen LogP contribution in [-0.4, -0.2) is 25.2 Å². The van der Waals surface area contributed by atoms with Crippen LogP contribution in [-0.2, 0) is 9.53 Å². The van der Waals surface area contributed by atoms with Gasteiger partial charge < -0.3 is 10.1 Å². The van der Waals surface area contributed by atoms with Crippen LogP contribution in [0.5, 0.6) is 0 Å². The maximum absolute atomic E-state index is 11.6. The highest BCUT2D eigenvalue weighted by atomic mass is 16.5. The van der Waals surface area contributed by atoms with Crippen molar-refractivity contribution in [3.63, 3.8) is 0 Å².